The summed E-state index contributed by atoms with van der Waals surface area (Å²) in [5.41, 5.74) is 11.2. The van der Waals surface area contributed by atoms with E-state index >= 15 is 0 Å². The zero-order chi connectivity index (χ0) is 20.9. The van der Waals surface area contributed by atoms with Gasteiger partial charge in [0.2, 0.25) is 0 Å². The van der Waals surface area contributed by atoms with Crippen molar-refractivity contribution in [2.24, 2.45) is 0 Å². The van der Waals surface area contributed by atoms with Gasteiger partial charge in [0.1, 0.15) is 13.8 Å². The van der Waals surface area contributed by atoms with Crippen LogP contribution in [0, 0.1) is 5.41 Å². The number of ether oxygens (including phenoxy) is 1. The van der Waals surface area contributed by atoms with Gasteiger partial charge < -0.3 is 21.0 Å². The van der Waals surface area contributed by atoms with Gasteiger partial charge in [-0.3, -0.25) is 0 Å². The summed E-state index contributed by atoms with van der Waals surface area (Å²) in [7, 11) is -0.528. The van der Waals surface area contributed by atoms with Crippen molar-refractivity contribution in [2.75, 3.05) is 12.8 Å². The molecule has 0 aromatic heterocycles. The van der Waals surface area contributed by atoms with E-state index in [9.17, 15) is 9.90 Å². The van der Waals surface area contributed by atoms with E-state index in [-0.39, 0.29) is 5.56 Å². The third kappa shape index (κ3) is 2.92. The van der Waals surface area contributed by atoms with Gasteiger partial charge >= 0.3 is 5.97 Å². The number of aromatic carboxylic acids is 1. The molecule has 0 radical (unpaired) electrons. The molecule has 1 heterocycles. The molecule has 146 valence electrons. The van der Waals surface area contributed by atoms with Crippen molar-refractivity contribution in [1.82, 2.24) is 0 Å². The standard InChI is InChI=1S/C23H22N2O3Si/c1-28-19-9-4-13(23(26)27)10-18(19)22-16-7-5-14(24)11-20(16)29(2,3)21-12-15(25)6-8-17(21)22/h4-12,24H,25H2,1-3H3,(H,26,27). The van der Waals surface area contributed by atoms with Gasteiger partial charge in [-0.05, 0) is 69.6 Å². The van der Waals surface area contributed by atoms with Gasteiger partial charge in [-0.2, -0.15) is 0 Å². The first-order valence-electron chi connectivity index (χ1n) is 9.29. The summed E-state index contributed by atoms with van der Waals surface area (Å²) in [5.74, 6) is -0.380. The molecule has 0 fully saturated rings. The Morgan fingerprint density at radius 2 is 1.86 bits per heavy atom. The van der Waals surface area contributed by atoms with Crippen molar-refractivity contribution >= 4 is 36.2 Å². The fourth-order valence-corrected chi connectivity index (χ4v) is 7.29. The second-order valence-electron chi connectivity index (χ2n) is 7.79. The number of carboxylic acids is 1. The normalized spacial score (nSPS) is 16.8. The van der Waals surface area contributed by atoms with Crippen LogP contribution in [-0.4, -0.2) is 32.0 Å². The summed E-state index contributed by atoms with van der Waals surface area (Å²) in [6.07, 6.45) is 5.67. The number of hydrogen-bond donors (Lipinski definition) is 3. The molecule has 29 heavy (non-hydrogen) atoms. The Bertz CT molecular complexity index is 1170. The number of allylic oxidation sites excluding steroid dienone is 5. The Morgan fingerprint density at radius 1 is 1.10 bits per heavy atom. The number of nitrogens with two attached hydrogens (primary N) is 1. The minimum atomic E-state index is -2.11. The van der Waals surface area contributed by atoms with Crippen LogP contribution >= 0.6 is 0 Å². The lowest BCUT2D eigenvalue weighted by Gasteiger charge is -2.38. The van der Waals surface area contributed by atoms with Gasteiger partial charge in [0.25, 0.3) is 0 Å². The average Bonchev–Trinajstić information content (AvgIpc) is 2.69. The molecular formula is C23H22N2O3Si. The molecule has 4 rings (SSSR count). The number of anilines is 1. The Kier molecular flexibility index (Phi) is 4.31. The van der Waals surface area contributed by atoms with E-state index in [1.165, 1.54) is 5.19 Å². The smallest absolute Gasteiger partial charge is 0.335 e. The summed E-state index contributed by atoms with van der Waals surface area (Å²) in [5, 5.41) is 20.0. The largest absolute Gasteiger partial charge is 0.496 e. The number of rotatable bonds is 3. The molecule has 2 aromatic rings. The highest BCUT2D eigenvalue weighted by atomic mass is 28.3. The molecule has 0 bridgehead atoms. The van der Waals surface area contributed by atoms with Crippen LogP contribution in [0.5, 0.6) is 5.75 Å². The van der Waals surface area contributed by atoms with Crippen LogP contribution in [0.1, 0.15) is 21.5 Å². The van der Waals surface area contributed by atoms with E-state index in [4.69, 9.17) is 15.9 Å². The lowest BCUT2D eigenvalue weighted by atomic mass is 9.88. The maximum absolute atomic E-state index is 11.6. The van der Waals surface area contributed by atoms with Crippen LogP contribution in [-0.2, 0) is 0 Å². The monoisotopic (exact) mass is 402 g/mol. The molecule has 5 nitrogen and oxygen atoms in total. The molecule has 2 aromatic carbocycles. The van der Waals surface area contributed by atoms with Gasteiger partial charge in [0.15, 0.2) is 0 Å². The molecule has 1 aliphatic carbocycles. The van der Waals surface area contributed by atoms with Crippen LogP contribution < -0.4 is 15.7 Å². The Labute approximate surface area is 170 Å². The summed E-state index contributed by atoms with van der Waals surface area (Å²) in [6.45, 7) is 4.51. The molecule has 0 unspecified atom stereocenters. The van der Waals surface area contributed by atoms with Crippen molar-refractivity contribution < 1.29 is 14.6 Å². The Hall–Kier alpha value is -3.38. The maximum Gasteiger partial charge on any atom is 0.335 e. The average molecular weight is 403 g/mol. The number of benzene rings is 2. The summed E-state index contributed by atoms with van der Waals surface area (Å²) in [4.78, 5) is 11.6. The lowest BCUT2D eigenvalue weighted by Crippen LogP contribution is -2.49. The molecule has 0 saturated carbocycles. The van der Waals surface area contributed by atoms with Crippen molar-refractivity contribution in [3.63, 3.8) is 0 Å². The van der Waals surface area contributed by atoms with Crippen molar-refractivity contribution in [3.8, 4) is 5.75 Å². The number of hydrogen-bond acceptors (Lipinski definition) is 4. The number of carbonyl (C=O) groups is 1. The second-order valence-corrected chi connectivity index (χ2v) is 12.1. The highest BCUT2D eigenvalue weighted by Gasteiger charge is 2.40. The quantitative estimate of drug-likeness (QED) is 0.538. The molecular weight excluding hydrogens is 380 g/mol. The van der Waals surface area contributed by atoms with Gasteiger partial charge in [0.05, 0.1) is 18.4 Å². The Balaban J connectivity index is 2.14. The topological polar surface area (TPSA) is 96.4 Å². The van der Waals surface area contributed by atoms with Crippen molar-refractivity contribution in [3.05, 3.63) is 82.1 Å². The first-order valence-corrected chi connectivity index (χ1v) is 12.3. The molecule has 0 spiro atoms. The fourth-order valence-electron chi connectivity index (χ4n) is 4.19. The number of carboxylic acid groups (broad SMARTS) is 1. The van der Waals surface area contributed by atoms with E-state index < -0.39 is 14.0 Å². The molecule has 4 N–H and O–H groups in total. The second kappa shape index (κ2) is 6.60. The van der Waals surface area contributed by atoms with Crippen molar-refractivity contribution in [1.29, 1.82) is 5.41 Å². The van der Waals surface area contributed by atoms with E-state index in [1.807, 2.05) is 30.4 Å². The van der Waals surface area contributed by atoms with Gasteiger partial charge in [-0.25, -0.2) is 4.79 Å². The van der Waals surface area contributed by atoms with Crippen LogP contribution in [0.3, 0.4) is 0 Å². The lowest BCUT2D eigenvalue weighted by molar-refractivity contribution is 0.0697. The SMILES string of the molecule is COc1ccc(C(=O)O)cc1C1=C2C=CC(=N)C=C2[Si](C)(C)c2cc(N)ccc21. The number of fused-ring (bicyclic) bond motifs is 2. The van der Waals surface area contributed by atoms with Gasteiger partial charge in [0, 0.05) is 11.3 Å². The summed E-state index contributed by atoms with van der Waals surface area (Å²) >= 11 is 0. The highest BCUT2D eigenvalue weighted by Crippen LogP contribution is 2.43. The Morgan fingerprint density at radius 3 is 2.55 bits per heavy atom. The third-order valence-corrected chi connectivity index (χ3v) is 9.19. The fraction of sp³-hybridized carbons (Fsp3) is 0.130. The van der Waals surface area contributed by atoms with Crippen LogP contribution in [0.4, 0.5) is 5.69 Å². The van der Waals surface area contributed by atoms with Crippen LogP contribution in [0.15, 0.2) is 65.4 Å². The minimum Gasteiger partial charge on any atom is -0.496 e. The molecule has 0 atom stereocenters. The van der Waals surface area contributed by atoms with Gasteiger partial charge in [-0.15, -0.1) is 0 Å². The van der Waals surface area contributed by atoms with E-state index in [1.54, 1.807) is 31.4 Å². The van der Waals surface area contributed by atoms with Crippen LogP contribution in [0.2, 0.25) is 13.1 Å². The number of nitrogens with one attached hydrogen (secondary N) is 1. The number of methoxy groups -OCH3 is 1. The molecule has 0 amide bonds. The highest BCUT2D eigenvalue weighted by molar-refractivity contribution is 6.98. The molecule has 2 aliphatic rings. The summed E-state index contributed by atoms with van der Waals surface area (Å²) in [6, 6.07) is 10.8. The van der Waals surface area contributed by atoms with Crippen LogP contribution in [0.25, 0.3) is 5.57 Å². The maximum atomic E-state index is 11.6. The van der Waals surface area contributed by atoms with Crippen molar-refractivity contribution in [2.45, 2.75) is 13.1 Å². The molecule has 1 aliphatic heterocycles. The zero-order valence-electron chi connectivity index (χ0n) is 16.5. The van der Waals surface area contributed by atoms with E-state index in [2.05, 4.69) is 13.1 Å². The third-order valence-electron chi connectivity index (χ3n) is 5.66. The molecule has 6 heteroatoms. The predicted molar refractivity (Wildman–Crippen MR) is 119 cm³/mol. The van der Waals surface area contributed by atoms with E-state index in [0.717, 1.165) is 27.5 Å². The first kappa shape index (κ1) is 19.0. The number of nitrogen functional groups attached to an aromatic ring is 1. The predicted octanol–water partition coefficient (Wildman–Crippen LogP) is 3.76. The molecule has 0 saturated heterocycles. The van der Waals surface area contributed by atoms with E-state index in [0.29, 0.717) is 17.1 Å². The zero-order valence-corrected chi connectivity index (χ0v) is 17.5. The first-order chi connectivity index (χ1) is 13.7. The minimum absolute atomic E-state index is 0.200. The van der Waals surface area contributed by atoms with Gasteiger partial charge in [-0.1, -0.05) is 25.2 Å². The summed E-state index contributed by atoms with van der Waals surface area (Å²) < 4.78 is 5.60.